The van der Waals surface area contributed by atoms with Crippen LogP contribution in [-0.4, -0.2) is 29.0 Å². The Hall–Kier alpha value is -1.99. The normalized spacial score (nSPS) is 27.3. The number of unbranched alkanes of at least 4 members (excludes halogenated alkanes) is 1. The molecule has 0 aromatic heterocycles. The van der Waals surface area contributed by atoms with E-state index in [9.17, 15) is 13.8 Å². The molecule has 3 aliphatic rings. The molecule has 1 aromatic rings. The third-order valence-corrected chi connectivity index (χ3v) is 7.85. The lowest BCUT2D eigenvalue weighted by Gasteiger charge is -2.62. The number of rotatable bonds is 12. The molecule has 2 bridgehead atoms. The minimum absolute atomic E-state index is 0.0816. The first-order chi connectivity index (χ1) is 14.9. The van der Waals surface area contributed by atoms with E-state index >= 15 is 0 Å². The summed E-state index contributed by atoms with van der Waals surface area (Å²) in [4.78, 5) is 21.8. The average Bonchev–Trinajstić information content (AvgIpc) is 2.75. The van der Waals surface area contributed by atoms with Crippen molar-refractivity contribution in [1.29, 1.82) is 0 Å². The van der Waals surface area contributed by atoms with Crippen LogP contribution in [-0.2, 0) is 20.9 Å². The van der Waals surface area contributed by atoms with Crippen molar-refractivity contribution in [2.24, 2.45) is 23.2 Å². The number of carbonyl (C=O) groups is 2. The summed E-state index contributed by atoms with van der Waals surface area (Å²) in [5.41, 5.74) is 0.329. The first-order valence-corrected chi connectivity index (χ1v) is 12.3. The van der Waals surface area contributed by atoms with Gasteiger partial charge >= 0.3 is 0 Å². The summed E-state index contributed by atoms with van der Waals surface area (Å²) < 4.78 is 21.4. The second-order valence-corrected chi connectivity index (χ2v) is 10.1. The third-order valence-electron chi connectivity index (χ3n) is 7.01. The van der Waals surface area contributed by atoms with Crippen molar-refractivity contribution in [3.8, 4) is 5.75 Å². The van der Waals surface area contributed by atoms with E-state index in [4.69, 9.17) is 4.18 Å². The van der Waals surface area contributed by atoms with Gasteiger partial charge in [-0.2, -0.15) is 4.21 Å². The molecule has 1 amide bonds. The molecule has 0 saturated heterocycles. The molecule has 170 valence electrons. The SMILES string of the molecule is CC1(C)[C@H]2CC(NS(=O)Oc3ccccc3)C(CC=CCCCC(=O)NCC=O)[C@@H]1C2. The zero-order valence-electron chi connectivity index (χ0n) is 18.4. The number of hydrogen-bond donors (Lipinski definition) is 2. The molecule has 3 fully saturated rings. The molecule has 2 N–H and O–H groups in total. The molecule has 0 spiro atoms. The van der Waals surface area contributed by atoms with Crippen molar-refractivity contribution >= 4 is 23.5 Å². The van der Waals surface area contributed by atoms with Gasteiger partial charge in [0.05, 0.1) is 6.54 Å². The van der Waals surface area contributed by atoms with Gasteiger partial charge in [-0.15, -0.1) is 0 Å². The molecule has 3 saturated carbocycles. The third kappa shape index (κ3) is 6.26. The van der Waals surface area contributed by atoms with Crippen LogP contribution in [0.25, 0.3) is 0 Å². The standard InChI is InChI=1S/C24H34N2O4S/c1-24(2)18-16-21(24)20(12-8-3-4-9-13-23(28)25-14-15-27)22(17-18)26-31(29)30-19-10-6-5-7-11-19/h3,5-8,10-11,15,18,20-22,26H,4,9,12-14,16-17H2,1-2H3,(H,25,28)/t18-,20?,21+,22?,31?/m1/s1. The predicted octanol–water partition coefficient (Wildman–Crippen LogP) is 3.72. The monoisotopic (exact) mass is 446 g/mol. The fourth-order valence-corrected chi connectivity index (χ4v) is 5.97. The number of benzene rings is 1. The summed E-state index contributed by atoms with van der Waals surface area (Å²) >= 11 is -1.57. The molecular formula is C24H34N2O4S. The molecule has 0 aliphatic heterocycles. The van der Waals surface area contributed by atoms with Crippen molar-refractivity contribution in [3.63, 3.8) is 0 Å². The lowest BCUT2D eigenvalue weighted by Crippen LogP contribution is -2.61. The van der Waals surface area contributed by atoms with Crippen LogP contribution in [0.5, 0.6) is 5.75 Å². The highest BCUT2D eigenvalue weighted by Crippen LogP contribution is 2.62. The molecule has 0 radical (unpaired) electrons. The van der Waals surface area contributed by atoms with Gasteiger partial charge in [-0.25, -0.2) is 4.72 Å². The Kier molecular flexibility index (Phi) is 8.43. The Morgan fingerprint density at radius 1 is 1.23 bits per heavy atom. The zero-order valence-corrected chi connectivity index (χ0v) is 19.2. The number of carbonyl (C=O) groups excluding carboxylic acids is 2. The minimum atomic E-state index is -1.57. The number of hydrogen-bond acceptors (Lipinski definition) is 4. The molecule has 7 heteroatoms. The van der Waals surface area contributed by atoms with Gasteiger partial charge < -0.3 is 14.3 Å². The lowest BCUT2D eigenvalue weighted by atomic mass is 9.44. The Bertz CT molecular complexity index is 796. The minimum Gasteiger partial charge on any atom is -0.389 e. The maximum Gasteiger partial charge on any atom is 0.288 e. The molecule has 0 heterocycles. The molecule has 1 aromatic carbocycles. The Morgan fingerprint density at radius 3 is 2.71 bits per heavy atom. The number of fused-ring (bicyclic) bond motifs is 2. The first kappa shape index (κ1) is 23.7. The maximum absolute atomic E-state index is 12.6. The van der Waals surface area contributed by atoms with Crippen molar-refractivity contribution in [1.82, 2.24) is 10.0 Å². The number of aldehydes is 1. The van der Waals surface area contributed by atoms with E-state index in [0.717, 1.165) is 25.7 Å². The highest BCUT2D eigenvalue weighted by Gasteiger charge is 2.57. The van der Waals surface area contributed by atoms with Crippen LogP contribution in [0.15, 0.2) is 42.5 Å². The van der Waals surface area contributed by atoms with Crippen LogP contribution < -0.4 is 14.2 Å². The fraction of sp³-hybridized carbons (Fsp3) is 0.583. The van der Waals surface area contributed by atoms with Gasteiger partial charge in [0, 0.05) is 12.5 Å². The van der Waals surface area contributed by atoms with E-state index in [1.54, 1.807) is 12.1 Å². The molecule has 5 atom stereocenters. The van der Waals surface area contributed by atoms with Crippen LogP contribution >= 0.6 is 0 Å². The highest BCUT2D eigenvalue weighted by molar-refractivity contribution is 7.78. The molecule has 3 aliphatic carbocycles. The van der Waals surface area contributed by atoms with Crippen molar-refractivity contribution in [2.45, 2.75) is 58.4 Å². The summed E-state index contributed by atoms with van der Waals surface area (Å²) in [6.07, 6.45) is 10.2. The van der Waals surface area contributed by atoms with E-state index in [1.807, 2.05) is 18.2 Å². The molecule has 4 rings (SSSR count). The first-order valence-electron chi connectivity index (χ1n) is 11.2. The quantitative estimate of drug-likeness (QED) is 0.291. The van der Waals surface area contributed by atoms with Gasteiger partial charge in [-0.05, 0) is 67.4 Å². The van der Waals surface area contributed by atoms with E-state index in [2.05, 4.69) is 36.0 Å². The number of para-hydroxylation sites is 1. The molecule has 31 heavy (non-hydrogen) atoms. The van der Waals surface area contributed by atoms with Gasteiger partial charge in [-0.3, -0.25) is 4.79 Å². The lowest BCUT2D eigenvalue weighted by molar-refractivity contribution is -0.122. The van der Waals surface area contributed by atoms with Crippen LogP contribution in [0.2, 0.25) is 0 Å². The summed E-state index contributed by atoms with van der Waals surface area (Å²) in [7, 11) is 0. The van der Waals surface area contributed by atoms with Crippen LogP contribution in [0, 0.1) is 23.2 Å². The molecule has 6 nitrogen and oxygen atoms in total. The van der Waals surface area contributed by atoms with E-state index in [-0.39, 0.29) is 18.5 Å². The van der Waals surface area contributed by atoms with Gasteiger partial charge in [0.25, 0.3) is 11.3 Å². The molecular weight excluding hydrogens is 412 g/mol. The molecule has 3 unspecified atom stereocenters. The average molecular weight is 447 g/mol. The van der Waals surface area contributed by atoms with Crippen molar-refractivity contribution in [2.75, 3.05) is 6.54 Å². The summed E-state index contributed by atoms with van der Waals surface area (Å²) in [6.45, 7) is 4.79. The van der Waals surface area contributed by atoms with Gasteiger partial charge in [-0.1, -0.05) is 44.2 Å². The van der Waals surface area contributed by atoms with Gasteiger partial charge in [0.1, 0.15) is 12.0 Å². The van der Waals surface area contributed by atoms with Crippen molar-refractivity contribution < 1.29 is 18.0 Å². The Balaban J connectivity index is 1.49. The number of allylic oxidation sites excluding steroid dienone is 2. The Morgan fingerprint density at radius 2 is 2.00 bits per heavy atom. The topological polar surface area (TPSA) is 84.5 Å². The van der Waals surface area contributed by atoms with E-state index < -0.39 is 11.3 Å². The number of nitrogens with one attached hydrogen (secondary N) is 2. The number of amides is 1. The van der Waals surface area contributed by atoms with Crippen LogP contribution in [0.3, 0.4) is 0 Å². The largest absolute Gasteiger partial charge is 0.389 e. The second kappa shape index (κ2) is 11.0. The second-order valence-electron chi connectivity index (χ2n) is 9.19. The van der Waals surface area contributed by atoms with E-state index in [0.29, 0.717) is 41.6 Å². The van der Waals surface area contributed by atoms with Crippen LogP contribution in [0.1, 0.15) is 52.4 Å². The predicted molar refractivity (Wildman–Crippen MR) is 122 cm³/mol. The fourth-order valence-electron chi connectivity index (χ4n) is 5.12. The Labute approximate surface area is 188 Å². The summed E-state index contributed by atoms with van der Waals surface area (Å²) in [6, 6.07) is 9.41. The maximum atomic E-state index is 12.6. The van der Waals surface area contributed by atoms with Gasteiger partial charge in [0.2, 0.25) is 5.91 Å². The van der Waals surface area contributed by atoms with Crippen molar-refractivity contribution in [3.05, 3.63) is 42.5 Å². The van der Waals surface area contributed by atoms with E-state index in [1.165, 1.54) is 6.42 Å². The van der Waals surface area contributed by atoms with Gasteiger partial charge in [0.15, 0.2) is 0 Å². The summed E-state index contributed by atoms with van der Waals surface area (Å²) in [5.74, 6) is 2.20. The highest BCUT2D eigenvalue weighted by atomic mass is 32.2. The summed E-state index contributed by atoms with van der Waals surface area (Å²) in [5, 5.41) is 2.56. The van der Waals surface area contributed by atoms with Crippen LogP contribution in [0.4, 0.5) is 0 Å². The zero-order chi connectivity index (χ0) is 22.3. The smallest absolute Gasteiger partial charge is 0.288 e.